The predicted molar refractivity (Wildman–Crippen MR) is 77.6 cm³/mol. The summed E-state index contributed by atoms with van der Waals surface area (Å²) >= 11 is 0. The maximum atomic E-state index is 5.97. The number of benzene rings is 1. The molecule has 2 atom stereocenters. The molecule has 3 nitrogen and oxygen atoms in total. The Balaban J connectivity index is 2.19. The summed E-state index contributed by atoms with van der Waals surface area (Å²) in [5, 5.41) is 3.63. The number of rotatable bonds is 6. The van der Waals surface area contributed by atoms with Crippen molar-refractivity contribution in [2.45, 2.75) is 44.8 Å². The molecule has 1 saturated heterocycles. The van der Waals surface area contributed by atoms with E-state index in [1.165, 1.54) is 18.4 Å². The molecule has 3 heteroatoms. The third-order valence-corrected chi connectivity index (χ3v) is 3.67. The van der Waals surface area contributed by atoms with Crippen molar-refractivity contribution >= 4 is 0 Å². The van der Waals surface area contributed by atoms with Crippen LogP contribution in [0.2, 0.25) is 0 Å². The second kappa shape index (κ2) is 7.51. The Morgan fingerprint density at radius 1 is 1.37 bits per heavy atom. The third kappa shape index (κ3) is 3.71. The molecule has 1 aromatic rings. The first-order valence-electron chi connectivity index (χ1n) is 7.34. The normalized spacial score (nSPS) is 21.1. The molecule has 19 heavy (non-hydrogen) atoms. The smallest absolute Gasteiger partial charge is 0.123 e. The maximum absolute atomic E-state index is 5.97. The van der Waals surface area contributed by atoms with Gasteiger partial charge in [0.05, 0.1) is 19.3 Å². The molecule has 1 aliphatic heterocycles. The summed E-state index contributed by atoms with van der Waals surface area (Å²) in [5.74, 6) is 0.949. The number of para-hydroxylation sites is 1. The molecule has 0 spiro atoms. The summed E-state index contributed by atoms with van der Waals surface area (Å²) in [7, 11) is 1.73. The van der Waals surface area contributed by atoms with Crippen molar-refractivity contribution in [1.29, 1.82) is 0 Å². The van der Waals surface area contributed by atoms with E-state index in [1.807, 2.05) is 12.1 Å². The van der Waals surface area contributed by atoms with E-state index in [9.17, 15) is 0 Å². The van der Waals surface area contributed by atoms with Crippen molar-refractivity contribution in [3.63, 3.8) is 0 Å². The zero-order valence-corrected chi connectivity index (χ0v) is 12.0. The molecule has 1 N–H and O–H groups in total. The molecule has 2 unspecified atom stereocenters. The molecular formula is C16H25NO2. The van der Waals surface area contributed by atoms with E-state index < -0.39 is 0 Å². The number of hydrogen-bond donors (Lipinski definition) is 1. The monoisotopic (exact) mass is 263 g/mol. The molecule has 0 bridgehead atoms. The average Bonchev–Trinajstić information content (AvgIpc) is 2.49. The predicted octanol–water partition coefficient (Wildman–Crippen LogP) is 3.31. The van der Waals surface area contributed by atoms with Crippen molar-refractivity contribution < 1.29 is 9.47 Å². The molecule has 0 saturated carbocycles. The first-order valence-corrected chi connectivity index (χ1v) is 7.34. The van der Waals surface area contributed by atoms with Gasteiger partial charge in [0.15, 0.2) is 0 Å². The molecule has 1 heterocycles. The fourth-order valence-corrected chi connectivity index (χ4v) is 2.69. The standard InChI is InChI=1S/C16H25NO2/c1-3-11-17-16(15-10-6-7-12-19-15)13-8-4-5-9-14(13)18-2/h4-5,8-9,15-17H,3,6-7,10-12H2,1-2H3. The minimum absolute atomic E-state index is 0.233. The molecule has 0 aliphatic carbocycles. The minimum Gasteiger partial charge on any atom is -0.496 e. The topological polar surface area (TPSA) is 30.5 Å². The largest absolute Gasteiger partial charge is 0.496 e. The molecule has 1 aromatic carbocycles. The van der Waals surface area contributed by atoms with E-state index in [2.05, 4.69) is 24.4 Å². The summed E-state index contributed by atoms with van der Waals surface area (Å²) in [5.41, 5.74) is 1.21. The molecule has 1 fully saturated rings. The van der Waals surface area contributed by atoms with Crippen molar-refractivity contribution in [3.8, 4) is 5.75 Å². The first kappa shape index (κ1) is 14.4. The van der Waals surface area contributed by atoms with Gasteiger partial charge >= 0.3 is 0 Å². The molecule has 106 valence electrons. The van der Waals surface area contributed by atoms with Gasteiger partial charge in [0.2, 0.25) is 0 Å². The van der Waals surface area contributed by atoms with E-state index in [4.69, 9.17) is 9.47 Å². The van der Waals surface area contributed by atoms with Gasteiger partial charge in [-0.1, -0.05) is 25.1 Å². The van der Waals surface area contributed by atoms with Crippen LogP contribution in [0, 0.1) is 0 Å². The van der Waals surface area contributed by atoms with E-state index in [-0.39, 0.29) is 12.1 Å². The van der Waals surface area contributed by atoms with Gasteiger partial charge in [0, 0.05) is 12.2 Å². The van der Waals surface area contributed by atoms with E-state index >= 15 is 0 Å². The zero-order chi connectivity index (χ0) is 13.5. The summed E-state index contributed by atoms with van der Waals surface area (Å²) in [6.07, 6.45) is 4.95. The fraction of sp³-hybridized carbons (Fsp3) is 0.625. The van der Waals surface area contributed by atoms with E-state index in [1.54, 1.807) is 7.11 Å². The summed E-state index contributed by atoms with van der Waals surface area (Å²) in [4.78, 5) is 0. The van der Waals surface area contributed by atoms with Crippen LogP contribution in [0.5, 0.6) is 5.75 Å². The van der Waals surface area contributed by atoms with Crippen LogP contribution in [0.3, 0.4) is 0 Å². The van der Waals surface area contributed by atoms with Crippen LogP contribution >= 0.6 is 0 Å². The van der Waals surface area contributed by atoms with Crippen LogP contribution in [0.1, 0.15) is 44.2 Å². The Morgan fingerprint density at radius 3 is 2.89 bits per heavy atom. The quantitative estimate of drug-likeness (QED) is 0.854. The highest BCUT2D eigenvalue weighted by molar-refractivity contribution is 5.36. The minimum atomic E-state index is 0.233. The Hall–Kier alpha value is -1.06. The second-order valence-electron chi connectivity index (χ2n) is 5.08. The van der Waals surface area contributed by atoms with Gasteiger partial charge in [0.25, 0.3) is 0 Å². The van der Waals surface area contributed by atoms with Crippen LogP contribution in [-0.2, 0) is 4.74 Å². The Kier molecular flexibility index (Phi) is 5.67. The molecule has 0 aromatic heterocycles. The highest BCUT2D eigenvalue weighted by atomic mass is 16.5. The van der Waals surface area contributed by atoms with Gasteiger partial charge < -0.3 is 14.8 Å². The van der Waals surface area contributed by atoms with Crippen LogP contribution in [0.25, 0.3) is 0 Å². The Labute approximate surface area is 116 Å². The second-order valence-corrected chi connectivity index (χ2v) is 5.08. The van der Waals surface area contributed by atoms with Gasteiger partial charge in [0.1, 0.15) is 5.75 Å². The van der Waals surface area contributed by atoms with Crippen molar-refractivity contribution in [2.75, 3.05) is 20.3 Å². The molecule has 0 radical (unpaired) electrons. The van der Waals surface area contributed by atoms with Gasteiger partial charge in [-0.05, 0) is 38.3 Å². The lowest BCUT2D eigenvalue weighted by Crippen LogP contribution is -2.36. The SMILES string of the molecule is CCCNC(c1ccccc1OC)C1CCCCO1. The van der Waals surface area contributed by atoms with Crippen LogP contribution in [0.15, 0.2) is 24.3 Å². The van der Waals surface area contributed by atoms with Crippen molar-refractivity contribution in [3.05, 3.63) is 29.8 Å². The summed E-state index contributed by atoms with van der Waals surface area (Å²) in [6, 6.07) is 8.49. The van der Waals surface area contributed by atoms with E-state index in [0.29, 0.717) is 0 Å². The number of ether oxygens (including phenoxy) is 2. The van der Waals surface area contributed by atoms with Crippen LogP contribution in [0.4, 0.5) is 0 Å². The van der Waals surface area contributed by atoms with Gasteiger partial charge in [-0.25, -0.2) is 0 Å². The molecule has 1 aliphatic rings. The highest BCUT2D eigenvalue weighted by Gasteiger charge is 2.27. The first-order chi connectivity index (χ1) is 9.36. The van der Waals surface area contributed by atoms with Crippen LogP contribution in [-0.4, -0.2) is 26.4 Å². The molecule has 0 amide bonds. The lowest BCUT2D eigenvalue weighted by Gasteiger charge is -2.32. The Morgan fingerprint density at radius 2 is 2.21 bits per heavy atom. The van der Waals surface area contributed by atoms with E-state index in [0.717, 1.165) is 31.7 Å². The molecule has 2 rings (SSSR count). The van der Waals surface area contributed by atoms with Crippen molar-refractivity contribution in [1.82, 2.24) is 5.32 Å². The number of hydrogen-bond acceptors (Lipinski definition) is 3. The van der Waals surface area contributed by atoms with Gasteiger partial charge in [-0.2, -0.15) is 0 Å². The Bertz CT molecular complexity index is 375. The fourth-order valence-electron chi connectivity index (χ4n) is 2.69. The lowest BCUT2D eigenvalue weighted by molar-refractivity contribution is -0.00859. The maximum Gasteiger partial charge on any atom is 0.123 e. The van der Waals surface area contributed by atoms with Crippen LogP contribution < -0.4 is 10.1 Å². The van der Waals surface area contributed by atoms with Crippen molar-refractivity contribution in [2.24, 2.45) is 0 Å². The number of methoxy groups -OCH3 is 1. The summed E-state index contributed by atoms with van der Waals surface area (Å²) < 4.78 is 11.5. The van der Waals surface area contributed by atoms with Gasteiger partial charge in [-0.3, -0.25) is 0 Å². The van der Waals surface area contributed by atoms with Gasteiger partial charge in [-0.15, -0.1) is 0 Å². The lowest BCUT2D eigenvalue weighted by atomic mass is 9.95. The third-order valence-electron chi connectivity index (χ3n) is 3.67. The number of nitrogens with one attached hydrogen (secondary N) is 1. The average molecular weight is 263 g/mol. The summed E-state index contributed by atoms with van der Waals surface area (Å²) in [6.45, 7) is 4.07. The molecular weight excluding hydrogens is 238 g/mol. The highest BCUT2D eigenvalue weighted by Crippen LogP contribution is 2.32. The zero-order valence-electron chi connectivity index (χ0n) is 12.0.